The molecule has 3 rings (SSSR count). The molecule has 9 heteroatoms. The first kappa shape index (κ1) is 19.3. The van der Waals surface area contributed by atoms with Gasteiger partial charge in [0.15, 0.2) is 0 Å². The number of carbonyl (C=O) groups is 1. The van der Waals surface area contributed by atoms with Crippen LogP contribution in [0.1, 0.15) is 6.92 Å². The monoisotopic (exact) mass is 400 g/mol. The van der Waals surface area contributed by atoms with E-state index in [0.717, 1.165) is 28.6 Å². The van der Waals surface area contributed by atoms with Crippen LogP contribution in [-0.2, 0) is 9.53 Å². The van der Waals surface area contributed by atoms with Crippen LogP contribution in [0.4, 0.5) is 10.1 Å². The number of thioether (sulfide) groups is 1. The zero-order valence-electron chi connectivity index (χ0n) is 14.8. The maximum Gasteiger partial charge on any atom is 0.368 e. The summed E-state index contributed by atoms with van der Waals surface area (Å²) in [7, 11) is 2.02. The molecule has 0 spiro atoms. The summed E-state index contributed by atoms with van der Waals surface area (Å²) >= 11 is 3.06. The predicted molar refractivity (Wildman–Crippen MR) is 101 cm³/mol. The Kier molecular flexibility index (Phi) is 5.71. The number of likely N-dealkylation sites (N-methyl/N-ethyl adjacent to an activating group) is 1. The molecule has 2 heterocycles. The molecule has 142 valence electrons. The van der Waals surface area contributed by atoms with Crippen LogP contribution in [0.3, 0.4) is 0 Å². The highest BCUT2D eigenvalue weighted by Crippen LogP contribution is 2.45. The number of carboxylic acid groups (broad SMARTS) is 1. The molecule has 0 amide bonds. The number of aliphatic carboxylic acids is 1. The number of nitrogens with zero attached hydrogens (tertiary/aromatic N) is 2. The highest BCUT2D eigenvalue weighted by Gasteiger charge is 2.41. The Labute approximate surface area is 160 Å². The minimum absolute atomic E-state index is 0.0478. The van der Waals surface area contributed by atoms with Crippen molar-refractivity contribution in [3.8, 4) is 5.75 Å². The van der Waals surface area contributed by atoms with Crippen LogP contribution in [0, 0.1) is 0 Å². The van der Waals surface area contributed by atoms with E-state index in [1.165, 1.54) is 11.8 Å². The average Bonchev–Trinajstić information content (AvgIpc) is 2.74. The first-order valence-corrected chi connectivity index (χ1v) is 10.1. The van der Waals surface area contributed by atoms with Gasteiger partial charge in [-0.2, -0.15) is 4.39 Å². The smallest absolute Gasteiger partial charge is 0.368 e. The van der Waals surface area contributed by atoms with Gasteiger partial charge in [-0.05, 0) is 44.3 Å². The van der Waals surface area contributed by atoms with Gasteiger partial charge in [-0.25, -0.2) is 9.10 Å². The van der Waals surface area contributed by atoms with Crippen molar-refractivity contribution in [2.45, 2.75) is 22.3 Å². The van der Waals surface area contributed by atoms with Crippen LogP contribution in [0.5, 0.6) is 5.75 Å². The second kappa shape index (κ2) is 7.67. The summed E-state index contributed by atoms with van der Waals surface area (Å²) in [6, 6.07) is 3.87. The van der Waals surface area contributed by atoms with Gasteiger partial charge in [0.25, 0.3) is 0 Å². The molecular weight excluding hydrogens is 379 g/mol. The Hall–Kier alpha value is -1.42. The van der Waals surface area contributed by atoms with E-state index in [9.17, 15) is 9.18 Å². The SMILES string of the molecule is CSc1cc2c(cc1O/C=C(\F)C(=O)O)SN(C)CCN2C1(C)COC1. The standard InChI is InChI=1S/C17H21FN2O4S2/c1-17(9-23-10-17)20-5-4-19(2)26-14-7-13(15(25-3)6-12(14)20)24-8-11(18)16(21)22/h6-8H,4-5,9-10H2,1-3H3,(H,21,22)/b11-8-. The lowest BCUT2D eigenvalue weighted by atomic mass is 9.96. The second-order valence-corrected chi connectivity index (χ2v) is 8.54. The molecule has 0 atom stereocenters. The molecule has 0 radical (unpaired) electrons. The number of hydrogen-bond acceptors (Lipinski definition) is 7. The van der Waals surface area contributed by atoms with Gasteiger partial charge in [0.1, 0.15) is 12.0 Å². The molecule has 0 bridgehead atoms. The van der Waals surface area contributed by atoms with Crippen molar-refractivity contribution in [1.29, 1.82) is 0 Å². The van der Waals surface area contributed by atoms with E-state index in [2.05, 4.69) is 16.1 Å². The van der Waals surface area contributed by atoms with Gasteiger partial charge in [0.05, 0.1) is 34.2 Å². The summed E-state index contributed by atoms with van der Waals surface area (Å²) in [5, 5.41) is 8.65. The van der Waals surface area contributed by atoms with Crippen LogP contribution >= 0.6 is 23.7 Å². The van der Waals surface area contributed by atoms with Gasteiger partial charge in [-0.3, -0.25) is 0 Å². The molecule has 1 aromatic rings. The van der Waals surface area contributed by atoms with Crippen molar-refractivity contribution >= 4 is 35.4 Å². The minimum atomic E-state index is -1.65. The molecule has 0 aromatic heterocycles. The molecule has 0 unspecified atom stereocenters. The van der Waals surface area contributed by atoms with Crippen molar-refractivity contribution in [3.63, 3.8) is 0 Å². The maximum atomic E-state index is 13.3. The lowest BCUT2D eigenvalue weighted by Gasteiger charge is -2.48. The molecule has 1 fully saturated rings. The van der Waals surface area contributed by atoms with Gasteiger partial charge in [0, 0.05) is 13.1 Å². The summed E-state index contributed by atoms with van der Waals surface area (Å²) in [5.74, 6) is -2.55. The Bertz CT molecular complexity index is 740. The number of ether oxygens (including phenoxy) is 2. The second-order valence-electron chi connectivity index (χ2n) is 6.44. The summed E-state index contributed by atoms with van der Waals surface area (Å²) in [6.07, 6.45) is 2.54. The molecule has 26 heavy (non-hydrogen) atoms. The van der Waals surface area contributed by atoms with Crippen LogP contribution < -0.4 is 9.64 Å². The van der Waals surface area contributed by atoms with E-state index in [1.54, 1.807) is 11.9 Å². The van der Waals surface area contributed by atoms with Crippen LogP contribution in [0.25, 0.3) is 0 Å². The van der Waals surface area contributed by atoms with Crippen LogP contribution in [-0.4, -0.2) is 60.5 Å². The highest BCUT2D eigenvalue weighted by atomic mass is 32.2. The fraction of sp³-hybridized carbons (Fsp3) is 0.471. The zero-order valence-corrected chi connectivity index (χ0v) is 16.5. The summed E-state index contributed by atoms with van der Waals surface area (Å²) in [5.41, 5.74) is 1.04. The fourth-order valence-electron chi connectivity index (χ4n) is 2.92. The van der Waals surface area contributed by atoms with Crippen LogP contribution in [0.2, 0.25) is 0 Å². The Balaban J connectivity index is 2.00. The van der Waals surface area contributed by atoms with E-state index >= 15 is 0 Å². The predicted octanol–water partition coefficient (Wildman–Crippen LogP) is 3.23. The molecule has 6 nitrogen and oxygen atoms in total. The van der Waals surface area contributed by atoms with Crippen molar-refractivity contribution in [3.05, 3.63) is 24.2 Å². The maximum absolute atomic E-state index is 13.3. The number of anilines is 1. The molecule has 1 saturated heterocycles. The number of rotatable bonds is 5. The molecule has 2 aliphatic heterocycles. The van der Waals surface area contributed by atoms with Crippen molar-refractivity contribution in [2.24, 2.45) is 0 Å². The van der Waals surface area contributed by atoms with Gasteiger partial charge in [0.2, 0.25) is 5.83 Å². The summed E-state index contributed by atoms with van der Waals surface area (Å²) in [4.78, 5) is 14.8. The molecule has 0 aliphatic carbocycles. The van der Waals surface area contributed by atoms with E-state index in [1.807, 2.05) is 25.4 Å². The number of fused-ring (bicyclic) bond motifs is 1. The van der Waals surface area contributed by atoms with E-state index < -0.39 is 11.8 Å². The first-order valence-electron chi connectivity index (χ1n) is 8.06. The first-order chi connectivity index (χ1) is 12.3. The van der Waals surface area contributed by atoms with E-state index in [0.29, 0.717) is 25.2 Å². The topological polar surface area (TPSA) is 62.2 Å². The molecule has 1 aromatic carbocycles. The third kappa shape index (κ3) is 3.80. The Morgan fingerprint density at radius 3 is 2.77 bits per heavy atom. The number of carboxylic acids is 1. The minimum Gasteiger partial charge on any atom is -0.476 e. The molecule has 0 saturated carbocycles. The quantitative estimate of drug-likeness (QED) is 0.350. The van der Waals surface area contributed by atoms with E-state index in [-0.39, 0.29) is 5.54 Å². The summed E-state index contributed by atoms with van der Waals surface area (Å²) in [6.45, 7) is 5.30. The van der Waals surface area contributed by atoms with Crippen molar-refractivity contribution in [1.82, 2.24) is 4.31 Å². The number of benzene rings is 1. The number of hydrogen-bond donors (Lipinski definition) is 1. The van der Waals surface area contributed by atoms with Crippen molar-refractivity contribution < 1.29 is 23.8 Å². The lowest BCUT2D eigenvalue weighted by molar-refractivity contribution is -0.134. The summed E-state index contributed by atoms with van der Waals surface area (Å²) < 4.78 is 26.2. The third-order valence-corrected chi connectivity index (χ3v) is 6.18. The molecular formula is C17H21FN2O4S2. The number of halogens is 1. The molecule has 2 aliphatic rings. The van der Waals surface area contributed by atoms with Crippen molar-refractivity contribution in [2.75, 3.05) is 44.5 Å². The Morgan fingerprint density at radius 1 is 1.46 bits per heavy atom. The van der Waals surface area contributed by atoms with Gasteiger partial charge < -0.3 is 19.5 Å². The van der Waals surface area contributed by atoms with Gasteiger partial charge in [-0.1, -0.05) is 0 Å². The Morgan fingerprint density at radius 2 is 2.19 bits per heavy atom. The average molecular weight is 400 g/mol. The third-order valence-electron chi connectivity index (χ3n) is 4.40. The van der Waals surface area contributed by atoms with E-state index in [4.69, 9.17) is 14.6 Å². The fourth-order valence-corrected chi connectivity index (χ4v) is 4.39. The normalized spacial score (nSPS) is 20.2. The van der Waals surface area contributed by atoms with Gasteiger partial charge >= 0.3 is 5.97 Å². The highest BCUT2D eigenvalue weighted by molar-refractivity contribution is 7.98. The lowest BCUT2D eigenvalue weighted by Crippen LogP contribution is -2.61. The molecule has 1 N–H and O–H groups in total. The zero-order chi connectivity index (χ0) is 18.9. The van der Waals surface area contributed by atoms with Gasteiger partial charge in [-0.15, -0.1) is 11.8 Å². The largest absolute Gasteiger partial charge is 0.476 e. The van der Waals surface area contributed by atoms with Crippen LogP contribution in [0.15, 0.2) is 34.0 Å².